The highest BCUT2D eigenvalue weighted by molar-refractivity contribution is 6.00. The number of hydrogen-bond acceptors (Lipinski definition) is 5. The van der Waals surface area contributed by atoms with E-state index in [9.17, 15) is 24.9 Å². The molecule has 212 valence electrons. The fourth-order valence-electron chi connectivity index (χ4n) is 4.21. The van der Waals surface area contributed by atoms with Gasteiger partial charge in [0.2, 0.25) is 6.03 Å². The van der Waals surface area contributed by atoms with Gasteiger partial charge in [-0.15, -0.1) is 0 Å². The molecule has 1 heterocycles. The Labute approximate surface area is 226 Å². The van der Waals surface area contributed by atoms with Crippen LogP contribution in [-0.4, -0.2) is 65.3 Å². The minimum Gasteiger partial charge on any atom is -0.494 e. The van der Waals surface area contributed by atoms with Crippen molar-refractivity contribution in [3.05, 3.63) is 35.2 Å². The Morgan fingerprint density at radius 2 is 1.71 bits per heavy atom. The zero-order chi connectivity index (χ0) is 28.5. The number of hydrogen-bond donors (Lipinski definition) is 3. The lowest BCUT2D eigenvalue weighted by molar-refractivity contribution is -0.139. The molecule has 1 aromatic rings. The number of likely N-dealkylation sites (tertiary alicyclic amines) is 1. The van der Waals surface area contributed by atoms with E-state index in [2.05, 4.69) is 17.6 Å². The number of rotatable bonds is 10. The van der Waals surface area contributed by atoms with E-state index in [1.54, 1.807) is 49.9 Å². The maximum absolute atomic E-state index is 12.3. The summed E-state index contributed by atoms with van der Waals surface area (Å²) in [5.74, 6) is 0.373. The molecule has 2 rings (SSSR count). The molecule has 1 aliphatic heterocycles. The summed E-state index contributed by atoms with van der Waals surface area (Å²) in [6.45, 7) is 12.9. The van der Waals surface area contributed by atoms with Crippen molar-refractivity contribution in [2.75, 3.05) is 19.7 Å². The molecule has 3 N–H and O–H groups in total. The molecule has 0 unspecified atom stereocenters. The van der Waals surface area contributed by atoms with Crippen LogP contribution in [0.2, 0.25) is 0 Å². The molecule has 10 nitrogen and oxygen atoms in total. The SMILES string of the molecule is CC(C)C(=[N-])NC(=O)N1CCC([C@H](C)CCOc2ccc(C[C@H](NC(=O)OC(C)(C)C)C(=O)O)cc2)CC1. The van der Waals surface area contributed by atoms with E-state index < -0.39 is 23.7 Å². The number of piperidine rings is 1. The van der Waals surface area contributed by atoms with Crippen LogP contribution >= 0.6 is 0 Å². The highest BCUT2D eigenvalue weighted by atomic mass is 16.6. The van der Waals surface area contributed by atoms with Crippen molar-refractivity contribution in [3.8, 4) is 5.75 Å². The fourth-order valence-corrected chi connectivity index (χ4v) is 4.21. The van der Waals surface area contributed by atoms with Crippen LogP contribution in [0.15, 0.2) is 24.3 Å². The van der Waals surface area contributed by atoms with E-state index >= 15 is 0 Å². The summed E-state index contributed by atoms with van der Waals surface area (Å²) in [6, 6.07) is 5.83. The summed E-state index contributed by atoms with van der Waals surface area (Å²) in [7, 11) is 0. The molecule has 10 heteroatoms. The van der Waals surface area contributed by atoms with Crippen molar-refractivity contribution in [3.63, 3.8) is 0 Å². The summed E-state index contributed by atoms with van der Waals surface area (Å²) in [6.07, 6.45) is 2.05. The zero-order valence-corrected chi connectivity index (χ0v) is 23.5. The summed E-state index contributed by atoms with van der Waals surface area (Å²) in [4.78, 5) is 37.6. The van der Waals surface area contributed by atoms with Gasteiger partial charge in [-0.05, 0) is 75.5 Å². The van der Waals surface area contributed by atoms with E-state index in [1.165, 1.54) is 0 Å². The molecule has 3 amide bonds. The summed E-state index contributed by atoms with van der Waals surface area (Å²) >= 11 is 0. The molecule has 0 aromatic heterocycles. The second kappa shape index (κ2) is 14.0. The molecule has 0 spiro atoms. The number of alkyl carbamates (subject to hydrolysis) is 1. The van der Waals surface area contributed by atoms with Gasteiger partial charge in [0, 0.05) is 19.5 Å². The molecule has 0 bridgehead atoms. The van der Waals surface area contributed by atoms with Crippen LogP contribution in [-0.2, 0) is 16.0 Å². The number of nitrogens with one attached hydrogen (secondary N) is 2. The first-order valence-corrected chi connectivity index (χ1v) is 13.3. The second-order valence-corrected chi connectivity index (χ2v) is 11.3. The average Bonchev–Trinajstić information content (AvgIpc) is 2.83. The number of carbonyl (C=O) groups is 3. The van der Waals surface area contributed by atoms with Crippen LogP contribution in [0.25, 0.3) is 5.41 Å². The van der Waals surface area contributed by atoms with Crippen molar-refractivity contribution in [1.29, 1.82) is 0 Å². The van der Waals surface area contributed by atoms with Crippen LogP contribution in [0.1, 0.15) is 66.4 Å². The van der Waals surface area contributed by atoms with Gasteiger partial charge in [0.1, 0.15) is 17.4 Å². The van der Waals surface area contributed by atoms with Crippen molar-refractivity contribution in [1.82, 2.24) is 15.5 Å². The molecule has 1 aromatic carbocycles. The summed E-state index contributed by atoms with van der Waals surface area (Å²) in [5.41, 5.74) is 0.0401. The molecule has 38 heavy (non-hydrogen) atoms. The standard InChI is InChI=1S/C28H43N4O6/c1-18(2)24(29)31-26(35)32-14-11-21(12-15-32)19(3)13-16-37-22-9-7-20(8-10-22)17-23(25(33)34)30-27(36)38-28(4,5)6/h7-10,18-19,21,23H,11-17H2,1-6H3,(H3-,29,30,31,33,34,35,36)/q-1/t19-,23+/m1/s1. The van der Waals surface area contributed by atoms with Crippen molar-refractivity contribution >= 4 is 23.9 Å². The molecule has 0 aliphatic carbocycles. The highest BCUT2D eigenvalue weighted by Gasteiger charge is 2.26. The number of aliphatic carboxylic acids is 1. The van der Waals surface area contributed by atoms with Gasteiger partial charge in [0.05, 0.1) is 6.61 Å². The lowest BCUT2D eigenvalue weighted by atomic mass is 9.84. The largest absolute Gasteiger partial charge is 0.494 e. The van der Waals surface area contributed by atoms with Gasteiger partial charge in [-0.2, -0.15) is 0 Å². The highest BCUT2D eigenvalue weighted by Crippen LogP contribution is 2.27. The Hall–Kier alpha value is -3.30. The number of carboxylic acid groups (broad SMARTS) is 1. The third kappa shape index (κ3) is 10.6. The average molecular weight is 532 g/mol. The Morgan fingerprint density at radius 1 is 1.11 bits per heavy atom. The van der Waals surface area contributed by atoms with Crippen LogP contribution in [0.4, 0.5) is 9.59 Å². The summed E-state index contributed by atoms with van der Waals surface area (Å²) in [5, 5.41) is 24.3. The predicted molar refractivity (Wildman–Crippen MR) is 146 cm³/mol. The Morgan fingerprint density at radius 3 is 2.24 bits per heavy atom. The van der Waals surface area contributed by atoms with Crippen molar-refractivity contribution < 1.29 is 29.0 Å². The van der Waals surface area contributed by atoms with Gasteiger partial charge in [0.15, 0.2) is 0 Å². The second-order valence-electron chi connectivity index (χ2n) is 11.3. The zero-order valence-electron chi connectivity index (χ0n) is 23.5. The monoisotopic (exact) mass is 531 g/mol. The maximum Gasteiger partial charge on any atom is 0.408 e. The minimum absolute atomic E-state index is 0.00478. The third-order valence-electron chi connectivity index (χ3n) is 6.61. The molecular weight excluding hydrogens is 488 g/mol. The van der Waals surface area contributed by atoms with Gasteiger partial charge < -0.3 is 35.5 Å². The number of carboxylic acids is 1. The Bertz CT molecular complexity index is 949. The quantitative estimate of drug-likeness (QED) is 0.296. The van der Waals surface area contributed by atoms with E-state index in [1.807, 2.05) is 13.8 Å². The van der Waals surface area contributed by atoms with Crippen LogP contribution < -0.4 is 15.4 Å². The first kappa shape index (κ1) is 30.9. The minimum atomic E-state index is -1.14. The van der Waals surface area contributed by atoms with Gasteiger partial charge in [-0.1, -0.05) is 38.7 Å². The number of benzene rings is 1. The van der Waals surface area contributed by atoms with Crippen LogP contribution in [0, 0.1) is 17.8 Å². The molecule has 0 radical (unpaired) electrons. The number of urea groups is 1. The van der Waals surface area contributed by atoms with E-state index in [4.69, 9.17) is 9.47 Å². The predicted octanol–water partition coefficient (Wildman–Crippen LogP) is 4.66. The normalized spacial score (nSPS) is 15.9. The topological polar surface area (TPSA) is 140 Å². The lowest BCUT2D eigenvalue weighted by Gasteiger charge is -2.37. The summed E-state index contributed by atoms with van der Waals surface area (Å²) < 4.78 is 11.1. The van der Waals surface area contributed by atoms with E-state index in [0.717, 1.165) is 24.8 Å². The first-order chi connectivity index (χ1) is 17.7. The Balaban J connectivity index is 1.75. The number of nitrogens with zero attached hydrogens (tertiary/aromatic N) is 2. The number of carbonyl (C=O) groups excluding carboxylic acids is 2. The fraction of sp³-hybridized carbons (Fsp3) is 0.643. The smallest absolute Gasteiger partial charge is 0.408 e. The molecule has 0 saturated carbocycles. The molecule has 1 saturated heterocycles. The molecule has 1 aliphatic rings. The third-order valence-corrected chi connectivity index (χ3v) is 6.61. The van der Waals surface area contributed by atoms with Gasteiger partial charge in [0.25, 0.3) is 0 Å². The van der Waals surface area contributed by atoms with Gasteiger partial charge >= 0.3 is 12.1 Å². The number of amidine groups is 1. The Kier molecular flexibility index (Phi) is 11.4. The van der Waals surface area contributed by atoms with Gasteiger partial charge in [-0.25, -0.2) is 9.59 Å². The molecular formula is C28H43N4O6-. The lowest BCUT2D eigenvalue weighted by Crippen LogP contribution is -2.47. The number of amides is 3. The molecule has 1 fully saturated rings. The van der Waals surface area contributed by atoms with Crippen molar-refractivity contribution in [2.24, 2.45) is 17.8 Å². The van der Waals surface area contributed by atoms with Crippen LogP contribution in [0.3, 0.4) is 0 Å². The molecule has 2 atom stereocenters. The van der Waals surface area contributed by atoms with Crippen molar-refractivity contribution in [2.45, 2.75) is 78.9 Å². The first-order valence-electron chi connectivity index (χ1n) is 13.3. The number of ether oxygens (including phenoxy) is 2. The van der Waals surface area contributed by atoms with E-state index in [-0.39, 0.29) is 24.2 Å². The van der Waals surface area contributed by atoms with E-state index in [0.29, 0.717) is 37.3 Å². The van der Waals surface area contributed by atoms with Crippen LogP contribution in [0.5, 0.6) is 5.75 Å². The maximum atomic E-state index is 12.3. The van der Waals surface area contributed by atoms with Gasteiger partial charge in [-0.3, -0.25) is 4.79 Å².